The van der Waals surface area contributed by atoms with Crippen LogP contribution in [0.3, 0.4) is 0 Å². The van der Waals surface area contributed by atoms with Crippen molar-refractivity contribution in [1.29, 1.82) is 5.26 Å². The van der Waals surface area contributed by atoms with E-state index in [0.29, 0.717) is 24.2 Å². The summed E-state index contributed by atoms with van der Waals surface area (Å²) in [7, 11) is 1.84. The van der Waals surface area contributed by atoms with Gasteiger partial charge in [0.25, 0.3) is 0 Å². The van der Waals surface area contributed by atoms with Crippen molar-refractivity contribution in [2.24, 2.45) is 5.92 Å². The summed E-state index contributed by atoms with van der Waals surface area (Å²) in [5.74, 6) is 2.02. The van der Waals surface area contributed by atoms with Crippen molar-refractivity contribution in [2.45, 2.75) is 51.2 Å². The summed E-state index contributed by atoms with van der Waals surface area (Å²) in [6.45, 7) is 4.87. The molecule has 1 atom stereocenters. The molecule has 1 saturated heterocycles. The predicted octanol–water partition coefficient (Wildman–Crippen LogP) is 3.20. The summed E-state index contributed by atoms with van der Waals surface area (Å²) in [4.78, 5) is 8.90. The Hall–Kier alpha value is -2.21. The van der Waals surface area contributed by atoms with E-state index in [1.807, 2.05) is 13.1 Å². The van der Waals surface area contributed by atoms with E-state index < -0.39 is 6.10 Å². The van der Waals surface area contributed by atoms with Gasteiger partial charge >= 0.3 is 0 Å². The van der Waals surface area contributed by atoms with Crippen LogP contribution in [0.25, 0.3) is 11.0 Å². The van der Waals surface area contributed by atoms with E-state index in [-0.39, 0.29) is 0 Å². The topological polar surface area (TPSA) is 105 Å². The lowest BCUT2D eigenvalue weighted by atomic mass is 9.84. The molecule has 3 heterocycles. The number of pyridine rings is 1. The van der Waals surface area contributed by atoms with Crippen LogP contribution in [0.15, 0.2) is 12.3 Å². The van der Waals surface area contributed by atoms with Gasteiger partial charge in [0.1, 0.15) is 23.3 Å². The first kappa shape index (κ1) is 21.5. The zero-order valence-electron chi connectivity index (χ0n) is 17.3. The molecule has 0 spiro atoms. The Bertz CT molecular complexity index is 806. The van der Waals surface area contributed by atoms with Gasteiger partial charge in [-0.05, 0) is 38.5 Å². The maximum Gasteiger partial charge on any atom is 0.138 e. The van der Waals surface area contributed by atoms with Gasteiger partial charge in [0, 0.05) is 25.6 Å². The normalized spacial score (nSPS) is 23.0. The first-order valence-corrected chi connectivity index (χ1v) is 10.4. The highest BCUT2D eigenvalue weighted by Gasteiger charge is 2.27. The average molecular weight is 402 g/mol. The van der Waals surface area contributed by atoms with Crippen molar-refractivity contribution in [2.75, 3.05) is 38.8 Å². The van der Waals surface area contributed by atoms with Gasteiger partial charge in [-0.25, -0.2) is 9.97 Å². The lowest BCUT2D eigenvalue weighted by Gasteiger charge is -2.30. The van der Waals surface area contributed by atoms with Crippen molar-refractivity contribution in [3.05, 3.63) is 18.1 Å². The minimum absolute atomic E-state index is 0.326. The monoisotopic (exact) mass is 401 g/mol. The van der Waals surface area contributed by atoms with Crippen LogP contribution in [0.5, 0.6) is 0 Å². The fourth-order valence-corrected chi connectivity index (χ4v) is 4.01. The summed E-state index contributed by atoms with van der Waals surface area (Å²) in [5, 5.41) is 22.1. The van der Waals surface area contributed by atoms with Crippen LogP contribution in [0.1, 0.15) is 57.0 Å². The molecular formula is C21H31N5O3. The number of aliphatic hydroxyl groups excluding tert-OH is 1. The number of rotatable bonds is 4. The Morgan fingerprint density at radius 3 is 2.41 bits per heavy atom. The molecule has 2 aromatic rings. The first-order chi connectivity index (χ1) is 14.1. The van der Waals surface area contributed by atoms with Crippen LogP contribution in [-0.4, -0.2) is 53.1 Å². The van der Waals surface area contributed by atoms with Crippen molar-refractivity contribution in [3.63, 3.8) is 0 Å². The molecule has 0 amide bonds. The molecule has 29 heavy (non-hydrogen) atoms. The summed E-state index contributed by atoms with van der Waals surface area (Å²) < 4.78 is 12.1. The largest absolute Gasteiger partial charge is 0.385 e. The second-order valence-corrected chi connectivity index (χ2v) is 7.59. The van der Waals surface area contributed by atoms with E-state index in [9.17, 15) is 5.11 Å². The SMILES string of the molecule is C1COCCO1.CNc1cc2c(cn1)nc(C(C)O)n2C1CCC(CC#N)CC1. The fraction of sp³-hybridized carbons (Fsp3) is 0.667. The van der Waals surface area contributed by atoms with E-state index in [1.165, 1.54) is 0 Å². The molecule has 0 radical (unpaired) electrons. The van der Waals surface area contributed by atoms with Crippen molar-refractivity contribution >= 4 is 16.9 Å². The summed E-state index contributed by atoms with van der Waals surface area (Å²) >= 11 is 0. The highest BCUT2D eigenvalue weighted by atomic mass is 16.6. The average Bonchev–Trinajstić information content (AvgIpc) is 3.15. The maximum absolute atomic E-state index is 10.1. The number of imidazole rings is 1. The molecule has 1 aliphatic carbocycles. The Morgan fingerprint density at radius 2 is 1.90 bits per heavy atom. The van der Waals surface area contributed by atoms with Crippen LogP contribution >= 0.6 is 0 Å². The van der Waals surface area contributed by atoms with Gasteiger partial charge in [0.2, 0.25) is 0 Å². The summed E-state index contributed by atoms with van der Waals surface area (Å²) in [6, 6.07) is 4.61. The Morgan fingerprint density at radius 1 is 1.24 bits per heavy atom. The number of anilines is 1. The number of aliphatic hydroxyl groups is 1. The Labute approximate surface area is 171 Å². The smallest absolute Gasteiger partial charge is 0.138 e. The van der Waals surface area contributed by atoms with E-state index in [1.54, 1.807) is 13.1 Å². The maximum atomic E-state index is 10.1. The number of nitrogens with zero attached hydrogens (tertiary/aromatic N) is 4. The molecule has 8 heteroatoms. The lowest BCUT2D eigenvalue weighted by molar-refractivity contribution is -0.0334. The third kappa shape index (κ3) is 5.44. The van der Waals surface area contributed by atoms with Gasteiger partial charge in [-0.15, -0.1) is 0 Å². The number of fused-ring (bicyclic) bond motifs is 1. The van der Waals surface area contributed by atoms with Crippen molar-refractivity contribution < 1.29 is 14.6 Å². The van der Waals surface area contributed by atoms with Gasteiger partial charge in [-0.1, -0.05) is 0 Å². The van der Waals surface area contributed by atoms with Crippen molar-refractivity contribution in [1.82, 2.24) is 14.5 Å². The molecule has 2 aliphatic rings. The van der Waals surface area contributed by atoms with E-state index in [2.05, 4.69) is 25.9 Å². The van der Waals surface area contributed by atoms with Crippen LogP contribution in [0, 0.1) is 17.2 Å². The van der Waals surface area contributed by atoms with E-state index in [4.69, 9.17) is 14.7 Å². The second kappa shape index (κ2) is 10.5. The van der Waals surface area contributed by atoms with E-state index >= 15 is 0 Å². The summed E-state index contributed by atoms with van der Waals surface area (Å²) in [5.41, 5.74) is 1.84. The molecule has 158 valence electrons. The van der Waals surface area contributed by atoms with Crippen LogP contribution in [0.4, 0.5) is 5.82 Å². The molecule has 2 aromatic heterocycles. The third-order valence-electron chi connectivity index (χ3n) is 5.54. The number of ether oxygens (including phenoxy) is 2. The fourth-order valence-electron chi connectivity index (χ4n) is 4.01. The van der Waals surface area contributed by atoms with Gasteiger partial charge < -0.3 is 24.5 Å². The number of aromatic nitrogens is 3. The first-order valence-electron chi connectivity index (χ1n) is 10.4. The zero-order chi connectivity index (χ0) is 20.6. The van der Waals surface area contributed by atoms with Gasteiger partial charge in [-0.3, -0.25) is 0 Å². The van der Waals surface area contributed by atoms with Crippen LogP contribution in [0.2, 0.25) is 0 Å². The van der Waals surface area contributed by atoms with Crippen LogP contribution in [-0.2, 0) is 9.47 Å². The zero-order valence-corrected chi connectivity index (χ0v) is 17.3. The quantitative estimate of drug-likeness (QED) is 0.810. The molecule has 4 rings (SSSR count). The number of hydrogen-bond acceptors (Lipinski definition) is 7. The molecule has 2 N–H and O–H groups in total. The van der Waals surface area contributed by atoms with Crippen LogP contribution < -0.4 is 5.32 Å². The minimum Gasteiger partial charge on any atom is -0.385 e. The molecule has 1 aliphatic heterocycles. The molecule has 8 nitrogen and oxygen atoms in total. The second-order valence-electron chi connectivity index (χ2n) is 7.59. The highest BCUT2D eigenvalue weighted by Crippen LogP contribution is 2.37. The Kier molecular flexibility index (Phi) is 7.81. The van der Waals surface area contributed by atoms with Crippen molar-refractivity contribution in [3.8, 4) is 6.07 Å². The third-order valence-corrected chi connectivity index (χ3v) is 5.54. The predicted molar refractivity (Wildman–Crippen MR) is 111 cm³/mol. The molecule has 0 bridgehead atoms. The van der Waals surface area contributed by atoms with Gasteiger partial charge in [0.15, 0.2) is 0 Å². The number of nitriles is 1. The minimum atomic E-state index is -0.614. The lowest BCUT2D eigenvalue weighted by Crippen LogP contribution is -2.20. The molecule has 1 saturated carbocycles. The molecule has 0 aromatic carbocycles. The van der Waals surface area contributed by atoms with E-state index in [0.717, 1.165) is 69.0 Å². The number of hydrogen-bond donors (Lipinski definition) is 2. The van der Waals surface area contributed by atoms with Gasteiger partial charge in [0.05, 0.1) is 44.2 Å². The van der Waals surface area contributed by atoms with Gasteiger partial charge in [-0.2, -0.15) is 5.26 Å². The molecular weight excluding hydrogens is 370 g/mol. The summed E-state index contributed by atoms with van der Waals surface area (Å²) in [6.07, 6.45) is 5.95. The standard InChI is InChI=1S/C17H23N5O.C4H8O2/c1-11(23)17-21-14-10-20-16(19-2)9-15(14)22(17)13-5-3-12(4-6-13)7-8-18;1-2-6-4-3-5-1/h9-13,23H,3-7H2,1-2H3,(H,19,20);1-4H2. The Balaban J connectivity index is 0.000000343. The molecule has 1 unspecified atom stereocenters. The number of nitrogens with one attached hydrogen (secondary N) is 1. The molecule has 2 fully saturated rings. The highest BCUT2D eigenvalue weighted by molar-refractivity contribution is 5.78.